The second kappa shape index (κ2) is 9.22. The predicted molar refractivity (Wildman–Crippen MR) is 126 cm³/mol. The van der Waals surface area contributed by atoms with Gasteiger partial charge >= 0.3 is 0 Å². The molecule has 2 fully saturated rings. The first-order chi connectivity index (χ1) is 16.1. The molecule has 33 heavy (non-hydrogen) atoms. The van der Waals surface area contributed by atoms with Crippen LogP contribution >= 0.6 is 0 Å². The van der Waals surface area contributed by atoms with Gasteiger partial charge in [-0.05, 0) is 54.7 Å². The van der Waals surface area contributed by atoms with E-state index in [0.717, 1.165) is 68.8 Å². The molecule has 1 aromatic heterocycles. The van der Waals surface area contributed by atoms with Gasteiger partial charge < -0.3 is 14.8 Å². The van der Waals surface area contributed by atoms with Gasteiger partial charge in [0.2, 0.25) is 5.75 Å². The summed E-state index contributed by atoms with van der Waals surface area (Å²) in [6, 6.07) is 16.6. The summed E-state index contributed by atoms with van der Waals surface area (Å²) >= 11 is 0. The topological polar surface area (TPSA) is 78.5 Å². The van der Waals surface area contributed by atoms with E-state index in [-0.39, 0.29) is 11.2 Å². The molecule has 2 N–H and O–H groups in total. The number of hydrogen-bond donors (Lipinski definition) is 2. The van der Waals surface area contributed by atoms with Gasteiger partial charge in [-0.3, -0.25) is 9.69 Å². The van der Waals surface area contributed by atoms with Gasteiger partial charge in [0.15, 0.2) is 0 Å². The van der Waals surface area contributed by atoms with Crippen LogP contribution in [-0.4, -0.2) is 46.3 Å². The SMILES string of the molecule is O=c1[nH]cnc(C2(Cc3ccc(C#Cc4ccc(CN5CCOCC5)cc4)cc3)CC2)c1O. The zero-order valence-corrected chi connectivity index (χ0v) is 18.5. The van der Waals surface area contributed by atoms with E-state index >= 15 is 0 Å². The van der Waals surface area contributed by atoms with Crippen LogP contribution in [0.4, 0.5) is 0 Å². The van der Waals surface area contributed by atoms with Gasteiger partial charge in [-0.2, -0.15) is 0 Å². The number of aromatic hydroxyl groups is 1. The van der Waals surface area contributed by atoms with E-state index in [9.17, 15) is 9.90 Å². The molecule has 6 heteroatoms. The Kier molecular flexibility index (Phi) is 5.99. The number of aromatic amines is 1. The summed E-state index contributed by atoms with van der Waals surface area (Å²) in [6.45, 7) is 4.55. The van der Waals surface area contributed by atoms with Gasteiger partial charge in [0.1, 0.15) is 0 Å². The highest BCUT2D eigenvalue weighted by Crippen LogP contribution is 2.51. The standard InChI is InChI=1S/C27H27N3O3/c31-24-25(28-19-29-26(24)32)27(11-12-27)17-22-7-3-20(4-8-22)1-2-21-5-9-23(10-6-21)18-30-13-15-33-16-14-30/h3-10,19,31H,11-18H2,(H,28,29,32). The maximum Gasteiger partial charge on any atom is 0.293 e. The lowest BCUT2D eigenvalue weighted by atomic mass is 9.92. The molecule has 0 spiro atoms. The molecule has 5 rings (SSSR count). The minimum absolute atomic E-state index is 0.242. The fraction of sp³-hybridized carbons (Fsp3) is 0.333. The Morgan fingerprint density at radius 2 is 1.58 bits per heavy atom. The highest BCUT2D eigenvalue weighted by atomic mass is 16.5. The first-order valence-electron chi connectivity index (χ1n) is 11.4. The Labute approximate surface area is 193 Å². The predicted octanol–water partition coefficient (Wildman–Crippen LogP) is 2.98. The molecule has 2 heterocycles. The van der Waals surface area contributed by atoms with Crippen LogP contribution in [0.2, 0.25) is 0 Å². The monoisotopic (exact) mass is 441 g/mol. The Morgan fingerprint density at radius 3 is 2.18 bits per heavy atom. The molecule has 2 aromatic carbocycles. The van der Waals surface area contributed by atoms with Crippen LogP contribution < -0.4 is 5.56 Å². The van der Waals surface area contributed by atoms with Gasteiger partial charge in [0.25, 0.3) is 5.56 Å². The molecular weight excluding hydrogens is 414 g/mol. The Hall–Kier alpha value is -3.40. The molecule has 1 saturated carbocycles. The van der Waals surface area contributed by atoms with E-state index in [0.29, 0.717) is 5.69 Å². The summed E-state index contributed by atoms with van der Waals surface area (Å²) in [5.41, 5.74) is 4.18. The van der Waals surface area contributed by atoms with Gasteiger partial charge in [-0.15, -0.1) is 0 Å². The van der Waals surface area contributed by atoms with Gasteiger partial charge in [0.05, 0.1) is 25.2 Å². The van der Waals surface area contributed by atoms with Crippen molar-refractivity contribution in [3.05, 3.63) is 93.2 Å². The van der Waals surface area contributed by atoms with Gasteiger partial charge in [0, 0.05) is 36.2 Å². The molecule has 0 amide bonds. The van der Waals surface area contributed by atoms with Gasteiger partial charge in [-0.25, -0.2) is 4.98 Å². The Bertz CT molecular complexity index is 1230. The van der Waals surface area contributed by atoms with Crippen molar-refractivity contribution in [2.45, 2.75) is 31.2 Å². The normalized spacial score (nSPS) is 17.2. The summed E-state index contributed by atoms with van der Waals surface area (Å²) in [5, 5.41) is 10.1. The molecule has 0 bridgehead atoms. The van der Waals surface area contributed by atoms with Crippen LogP contribution in [0.3, 0.4) is 0 Å². The minimum Gasteiger partial charge on any atom is -0.502 e. The third-order valence-corrected chi connectivity index (χ3v) is 6.50. The van der Waals surface area contributed by atoms with Crippen molar-refractivity contribution in [2.75, 3.05) is 26.3 Å². The average Bonchev–Trinajstić information content (AvgIpc) is 3.62. The number of benzene rings is 2. The van der Waals surface area contributed by atoms with Crippen molar-refractivity contribution >= 4 is 0 Å². The van der Waals surface area contributed by atoms with E-state index in [2.05, 4.69) is 63.1 Å². The largest absolute Gasteiger partial charge is 0.502 e. The molecule has 168 valence electrons. The smallest absolute Gasteiger partial charge is 0.293 e. The molecule has 2 aliphatic rings. The van der Waals surface area contributed by atoms with E-state index < -0.39 is 5.56 Å². The van der Waals surface area contributed by atoms with Gasteiger partial charge in [-0.1, -0.05) is 36.1 Å². The zero-order chi connectivity index (χ0) is 22.7. The second-order valence-corrected chi connectivity index (χ2v) is 8.92. The van der Waals surface area contributed by atoms with Crippen LogP contribution in [-0.2, 0) is 23.1 Å². The van der Waals surface area contributed by atoms with E-state index in [1.54, 1.807) is 0 Å². The van der Waals surface area contributed by atoms with E-state index in [1.165, 1.54) is 11.9 Å². The molecule has 6 nitrogen and oxygen atoms in total. The summed E-state index contributed by atoms with van der Waals surface area (Å²) in [7, 11) is 0. The van der Waals surface area contributed by atoms with Crippen molar-refractivity contribution in [3.8, 4) is 17.6 Å². The van der Waals surface area contributed by atoms with Crippen LogP contribution in [0.1, 0.15) is 40.8 Å². The van der Waals surface area contributed by atoms with E-state index in [1.807, 2.05) is 12.1 Å². The van der Waals surface area contributed by atoms with Crippen LogP contribution in [0.25, 0.3) is 0 Å². The second-order valence-electron chi connectivity index (χ2n) is 8.92. The fourth-order valence-electron chi connectivity index (χ4n) is 4.38. The van der Waals surface area contributed by atoms with Crippen LogP contribution in [0.5, 0.6) is 5.75 Å². The highest BCUT2D eigenvalue weighted by molar-refractivity contribution is 5.45. The highest BCUT2D eigenvalue weighted by Gasteiger charge is 2.47. The molecular formula is C27H27N3O3. The number of ether oxygens (including phenoxy) is 1. The first kappa shape index (κ1) is 21.4. The van der Waals surface area contributed by atoms with Crippen molar-refractivity contribution in [2.24, 2.45) is 0 Å². The third kappa shape index (κ3) is 5.00. The average molecular weight is 442 g/mol. The summed E-state index contributed by atoms with van der Waals surface area (Å²) < 4.78 is 5.41. The molecule has 3 aromatic rings. The summed E-state index contributed by atoms with van der Waals surface area (Å²) in [5.74, 6) is 6.23. The zero-order valence-electron chi connectivity index (χ0n) is 18.5. The molecule has 1 aliphatic heterocycles. The van der Waals surface area contributed by atoms with Crippen molar-refractivity contribution in [1.82, 2.24) is 14.9 Å². The quantitative estimate of drug-likeness (QED) is 0.595. The van der Waals surface area contributed by atoms with Crippen molar-refractivity contribution in [1.29, 1.82) is 0 Å². The van der Waals surface area contributed by atoms with Crippen LogP contribution in [0, 0.1) is 11.8 Å². The third-order valence-electron chi connectivity index (χ3n) is 6.50. The number of aromatic nitrogens is 2. The number of nitrogens with one attached hydrogen (secondary N) is 1. The van der Waals surface area contributed by atoms with Crippen molar-refractivity contribution in [3.63, 3.8) is 0 Å². The molecule has 0 atom stereocenters. The Balaban J connectivity index is 1.22. The van der Waals surface area contributed by atoms with Crippen LogP contribution in [0.15, 0.2) is 59.7 Å². The Morgan fingerprint density at radius 1 is 0.970 bits per heavy atom. The summed E-state index contributed by atoms with van der Waals surface area (Å²) in [6.07, 6.45) is 3.95. The lowest BCUT2D eigenvalue weighted by Gasteiger charge is -2.26. The maximum atomic E-state index is 11.7. The molecule has 1 aliphatic carbocycles. The number of hydrogen-bond acceptors (Lipinski definition) is 5. The maximum absolute atomic E-state index is 11.7. The van der Waals surface area contributed by atoms with Crippen molar-refractivity contribution < 1.29 is 9.84 Å². The number of morpholine rings is 1. The van der Waals surface area contributed by atoms with E-state index in [4.69, 9.17) is 4.74 Å². The first-order valence-corrected chi connectivity index (χ1v) is 11.4. The lowest BCUT2D eigenvalue weighted by molar-refractivity contribution is 0.0342. The molecule has 1 saturated heterocycles. The number of nitrogens with zero attached hydrogens (tertiary/aromatic N) is 2. The number of rotatable bonds is 5. The molecule has 0 radical (unpaired) electrons. The minimum atomic E-state index is -0.481. The lowest BCUT2D eigenvalue weighted by Crippen LogP contribution is -2.35. The number of H-pyrrole nitrogens is 1. The fourth-order valence-corrected chi connectivity index (χ4v) is 4.38. The molecule has 0 unspecified atom stereocenters. The summed E-state index contributed by atoms with van der Waals surface area (Å²) in [4.78, 5) is 20.8.